The first kappa shape index (κ1) is 23.9. The molecule has 2 amide bonds. The van der Waals surface area contributed by atoms with Gasteiger partial charge in [0.25, 0.3) is 0 Å². The first-order chi connectivity index (χ1) is 11.1. The summed E-state index contributed by atoms with van der Waals surface area (Å²) in [6.07, 6.45) is 3.92. The zero-order valence-electron chi connectivity index (χ0n) is 16.4. The summed E-state index contributed by atoms with van der Waals surface area (Å²) >= 11 is 0. The summed E-state index contributed by atoms with van der Waals surface area (Å²) in [4.78, 5) is 30.2. The Kier molecular flexibility index (Phi) is 9.75. The second kappa shape index (κ2) is 10.2. The van der Waals surface area contributed by atoms with Gasteiger partial charge in [-0.15, -0.1) is 24.0 Å². The molecule has 1 aliphatic rings. The van der Waals surface area contributed by atoms with Crippen molar-refractivity contribution in [3.63, 3.8) is 0 Å². The molecular weight excluding hydrogens is 433 g/mol. The number of nitrogens with zero attached hydrogens (tertiary/aromatic N) is 2. The van der Waals surface area contributed by atoms with Crippen molar-refractivity contribution in [2.24, 2.45) is 10.4 Å². The lowest BCUT2D eigenvalue weighted by Gasteiger charge is -2.31. The number of carbonyl (C=O) groups is 2. The van der Waals surface area contributed by atoms with Gasteiger partial charge in [-0.05, 0) is 33.6 Å². The highest BCUT2D eigenvalue weighted by Gasteiger charge is 2.42. The molecule has 8 heteroatoms. The minimum atomic E-state index is -0.366. The van der Waals surface area contributed by atoms with Crippen LogP contribution >= 0.6 is 24.0 Å². The maximum atomic E-state index is 12.6. The van der Waals surface area contributed by atoms with Crippen LogP contribution in [0.5, 0.6) is 0 Å². The van der Waals surface area contributed by atoms with E-state index in [0.29, 0.717) is 12.5 Å². The molecule has 0 atom stereocenters. The Morgan fingerprint density at radius 1 is 1.12 bits per heavy atom. The quantitative estimate of drug-likeness (QED) is 0.324. The molecule has 25 heavy (non-hydrogen) atoms. The highest BCUT2D eigenvalue weighted by atomic mass is 127. The van der Waals surface area contributed by atoms with Crippen molar-refractivity contribution in [1.82, 2.24) is 20.9 Å². The Labute approximate surface area is 168 Å². The van der Waals surface area contributed by atoms with Gasteiger partial charge >= 0.3 is 0 Å². The summed E-state index contributed by atoms with van der Waals surface area (Å²) in [6.45, 7) is 6.49. The minimum Gasteiger partial charge on any atom is -0.355 e. The number of guanidine groups is 1. The summed E-state index contributed by atoms with van der Waals surface area (Å²) in [5.41, 5.74) is -0.628. The summed E-state index contributed by atoms with van der Waals surface area (Å²) in [5.74, 6) is 0.607. The van der Waals surface area contributed by atoms with E-state index in [9.17, 15) is 9.59 Å². The Bertz CT molecular complexity index is 480. The first-order valence-corrected chi connectivity index (χ1v) is 8.57. The van der Waals surface area contributed by atoms with Crippen LogP contribution in [0.3, 0.4) is 0 Å². The predicted molar refractivity (Wildman–Crippen MR) is 112 cm³/mol. The molecule has 0 radical (unpaired) electrons. The first-order valence-electron chi connectivity index (χ1n) is 8.57. The highest BCUT2D eigenvalue weighted by Crippen LogP contribution is 2.38. The molecule has 3 N–H and O–H groups in total. The molecule has 1 saturated carbocycles. The van der Waals surface area contributed by atoms with Crippen molar-refractivity contribution >= 4 is 41.8 Å². The van der Waals surface area contributed by atoms with Crippen LogP contribution < -0.4 is 16.0 Å². The van der Waals surface area contributed by atoms with Crippen LogP contribution in [-0.4, -0.2) is 62.4 Å². The van der Waals surface area contributed by atoms with E-state index < -0.39 is 0 Å². The molecule has 0 spiro atoms. The second-order valence-electron chi connectivity index (χ2n) is 7.76. The van der Waals surface area contributed by atoms with Gasteiger partial charge in [0.15, 0.2) is 5.96 Å². The minimum absolute atomic E-state index is 0. The molecule has 7 nitrogen and oxygen atoms in total. The maximum absolute atomic E-state index is 12.6. The summed E-state index contributed by atoms with van der Waals surface area (Å²) in [7, 11) is 5.25. The molecule has 1 fully saturated rings. The van der Waals surface area contributed by atoms with Gasteiger partial charge in [0.2, 0.25) is 11.8 Å². The van der Waals surface area contributed by atoms with E-state index in [0.717, 1.165) is 25.7 Å². The van der Waals surface area contributed by atoms with E-state index in [-0.39, 0.29) is 53.3 Å². The third-order valence-electron chi connectivity index (χ3n) is 4.17. The number of halogens is 1. The topological polar surface area (TPSA) is 85.8 Å². The lowest BCUT2D eigenvalue weighted by atomic mass is 9.84. The monoisotopic (exact) mass is 467 g/mol. The van der Waals surface area contributed by atoms with Crippen molar-refractivity contribution < 1.29 is 9.59 Å². The number of aliphatic imine (C=N–C) groups is 1. The van der Waals surface area contributed by atoms with Gasteiger partial charge in [-0.1, -0.05) is 12.8 Å². The van der Waals surface area contributed by atoms with Crippen LogP contribution in [0.2, 0.25) is 0 Å². The third-order valence-corrected chi connectivity index (χ3v) is 4.17. The highest BCUT2D eigenvalue weighted by molar-refractivity contribution is 14.0. The number of carbonyl (C=O) groups excluding carboxylic acids is 2. The molecule has 0 bridgehead atoms. The SMILES string of the molecule is CN=C(NCC(=O)NC(C)(C)C)NCC1(C(=O)N(C)C)CCCC1.I. The fourth-order valence-corrected chi connectivity index (χ4v) is 3.09. The zero-order valence-corrected chi connectivity index (χ0v) is 18.7. The average Bonchev–Trinajstić information content (AvgIpc) is 2.94. The molecule has 0 aromatic carbocycles. The molecule has 0 saturated heterocycles. The van der Waals surface area contributed by atoms with E-state index >= 15 is 0 Å². The van der Waals surface area contributed by atoms with E-state index in [2.05, 4.69) is 20.9 Å². The van der Waals surface area contributed by atoms with Crippen LogP contribution in [0.4, 0.5) is 0 Å². The molecule has 146 valence electrons. The van der Waals surface area contributed by atoms with E-state index in [1.165, 1.54) is 0 Å². The Balaban J connectivity index is 0.00000576. The Morgan fingerprint density at radius 3 is 2.12 bits per heavy atom. The van der Waals surface area contributed by atoms with Crippen molar-refractivity contribution in [3.05, 3.63) is 0 Å². The Hall–Kier alpha value is -1.06. The molecule has 0 aliphatic heterocycles. The Morgan fingerprint density at radius 2 is 1.68 bits per heavy atom. The number of hydrogen-bond donors (Lipinski definition) is 3. The molecule has 0 heterocycles. The maximum Gasteiger partial charge on any atom is 0.239 e. The van der Waals surface area contributed by atoms with Crippen LogP contribution in [0.1, 0.15) is 46.5 Å². The van der Waals surface area contributed by atoms with Gasteiger partial charge in [0, 0.05) is 33.2 Å². The largest absolute Gasteiger partial charge is 0.355 e. The smallest absolute Gasteiger partial charge is 0.239 e. The van der Waals surface area contributed by atoms with Crippen molar-refractivity contribution in [2.75, 3.05) is 34.2 Å². The van der Waals surface area contributed by atoms with Crippen LogP contribution in [-0.2, 0) is 9.59 Å². The zero-order chi connectivity index (χ0) is 18.4. The summed E-state index contributed by atoms with van der Waals surface area (Å²) in [6, 6.07) is 0. The molecule has 1 rings (SSSR count). The molecule has 1 aliphatic carbocycles. The number of nitrogens with one attached hydrogen (secondary N) is 3. The van der Waals surface area contributed by atoms with Crippen LogP contribution in [0.15, 0.2) is 4.99 Å². The number of rotatable bonds is 5. The predicted octanol–water partition coefficient (Wildman–Crippen LogP) is 1.33. The molecular formula is C17H34IN5O2. The lowest BCUT2D eigenvalue weighted by Crippen LogP contribution is -2.51. The van der Waals surface area contributed by atoms with Crippen molar-refractivity contribution in [1.29, 1.82) is 0 Å². The van der Waals surface area contributed by atoms with E-state index in [1.54, 1.807) is 26.0 Å². The third kappa shape index (κ3) is 7.79. The average molecular weight is 467 g/mol. The van der Waals surface area contributed by atoms with Gasteiger partial charge in [-0.3, -0.25) is 14.6 Å². The van der Waals surface area contributed by atoms with Crippen LogP contribution in [0, 0.1) is 5.41 Å². The number of hydrogen-bond acceptors (Lipinski definition) is 3. The van der Waals surface area contributed by atoms with E-state index in [1.807, 2.05) is 20.8 Å². The fraction of sp³-hybridized carbons (Fsp3) is 0.824. The molecule has 0 unspecified atom stereocenters. The van der Waals surface area contributed by atoms with Crippen molar-refractivity contribution in [2.45, 2.75) is 52.0 Å². The van der Waals surface area contributed by atoms with Gasteiger partial charge in [0.1, 0.15) is 0 Å². The molecule has 0 aromatic rings. The summed E-state index contributed by atoms with van der Waals surface area (Å²) in [5, 5.41) is 9.11. The summed E-state index contributed by atoms with van der Waals surface area (Å²) < 4.78 is 0. The fourth-order valence-electron chi connectivity index (χ4n) is 3.09. The number of amides is 2. The standard InChI is InChI=1S/C17H33N5O2.HI/c1-16(2,3)21-13(23)11-19-15(18-4)20-12-17(9-7-8-10-17)14(24)22(5)6;/h7-12H2,1-6H3,(H,21,23)(H2,18,19,20);1H. The second-order valence-corrected chi connectivity index (χ2v) is 7.76. The van der Waals surface area contributed by atoms with Crippen LogP contribution in [0.25, 0.3) is 0 Å². The lowest BCUT2D eigenvalue weighted by molar-refractivity contribution is -0.138. The van der Waals surface area contributed by atoms with Gasteiger partial charge < -0.3 is 20.9 Å². The van der Waals surface area contributed by atoms with Gasteiger partial charge in [-0.25, -0.2) is 0 Å². The van der Waals surface area contributed by atoms with Gasteiger partial charge in [-0.2, -0.15) is 0 Å². The normalized spacial score (nSPS) is 16.6. The molecule has 0 aromatic heterocycles. The van der Waals surface area contributed by atoms with Gasteiger partial charge in [0.05, 0.1) is 12.0 Å². The van der Waals surface area contributed by atoms with E-state index in [4.69, 9.17) is 0 Å². The van der Waals surface area contributed by atoms with Crippen molar-refractivity contribution in [3.8, 4) is 0 Å².